The summed E-state index contributed by atoms with van der Waals surface area (Å²) >= 11 is 6.48. The van der Waals surface area contributed by atoms with Crippen LogP contribution in [0.5, 0.6) is 5.75 Å². The van der Waals surface area contributed by atoms with Gasteiger partial charge in [-0.15, -0.1) is 0 Å². The summed E-state index contributed by atoms with van der Waals surface area (Å²) in [6.07, 6.45) is 7.71. The highest BCUT2D eigenvalue weighted by Gasteiger charge is 2.21. The summed E-state index contributed by atoms with van der Waals surface area (Å²) in [7, 11) is -3.17. The molecule has 0 spiro atoms. The molecule has 0 unspecified atom stereocenters. The van der Waals surface area contributed by atoms with Crippen molar-refractivity contribution in [1.29, 1.82) is 0 Å². The van der Waals surface area contributed by atoms with Gasteiger partial charge in [-0.05, 0) is 53.8 Å². The van der Waals surface area contributed by atoms with Gasteiger partial charge in [0.25, 0.3) is 0 Å². The van der Waals surface area contributed by atoms with Crippen LogP contribution in [0.2, 0.25) is 5.02 Å². The van der Waals surface area contributed by atoms with E-state index in [0.29, 0.717) is 36.9 Å². The van der Waals surface area contributed by atoms with Crippen molar-refractivity contribution in [2.45, 2.75) is 26.2 Å². The summed E-state index contributed by atoms with van der Waals surface area (Å²) in [4.78, 5) is 7.86. The second-order valence-corrected chi connectivity index (χ2v) is 10.1. The molecule has 0 saturated carbocycles. The number of aromatic amines is 1. The highest BCUT2D eigenvalue weighted by atomic mass is 35.5. The molecule has 2 aromatic heterocycles. The number of benzene rings is 1. The third-order valence-electron chi connectivity index (χ3n) is 5.52. The highest BCUT2D eigenvalue weighted by molar-refractivity contribution is 7.88. The number of sulfonamides is 1. The number of pyridine rings is 1. The average Bonchev–Trinajstić information content (AvgIpc) is 3.19. The number of fused-ring (bicyclic) bond motifs is 1. The van der Waals surface area contributed by atoms with Crippen LogP contribution in [0.25, 0.3) is 27.7 Å². The van der Waals surface area contributed by atoms with Gasteiger partial charge in [-0.2, -0.15) is 4.31 Å². The molecule has 1 N–H and O–H groups in total. The van der Waals surface area contributed by atoms with Gasteiger partial charge in [-0.3, -0.25) is 0 Å². The van der Waals surface area contributed by atoms with E-state index in [-0.39, 0.29) is 0 Å². The van der Waals surface area contributed by atoms with Crippen LogP contribution >= 0.6 is 11.6 Å². The number of H-pyrrole nitrogens is 1. The number of rotatable bonds is 7. The Morgan fingerprint density at radius 3 is 2.77 bits per heavy atom. The largest absolute Gasteiger partial charge is 0.492 e. The van der Waals surface area contributed by atoms with E-state index in [4.69, 9.17) is 16.3 Å². The van der Waals surface area contributed by atoms with Crippen molar-refractivity contribution in [2.75, 3.05) is 26.0 Å². The summed E-state index contributed by atoms with van der Waals surface area (Å²) in [5.74, 6) is 0.696. The first kappa shape index (κ1) is 21.9. The smallest absolute Gasteiger partial charge is 0.211 e. The molecule has 0 amide bonds. The number of halogens is 1. The van der Waals surface area contributed by atoms with Gasteiger partial charge >= 0.3 is 0 Å². The Morgan fingerprint density at radius 1 is 1.26 bits per heavy atom. The van der Waals surface area contributed by atoms with Gasteiger partial charge in [-0.1, -0.05) is 37.1 Å². The molecule has 0 atom stereocenters. The van der Waals surface area contributed by atoms with Crippen molar-refractivity contribution in [3.63, 3.8) is 0 Å². The van der Waals surface area contributed by atoms with E-state index in [9.17, 15) is 8.42 Å². The predicted molar refractivity (Wildman–Crippen MR) is 126 cm³/mol. The monoisotopic (exact) mass is 459 g/mol. The predicted octanol–water partition coefficient (Wildman–Crippen LogP) is 5.11. The lowest BCUT2D eigenvalue weighted by molar-refractivity contribution is 0.309. The molecule has 3 aromatic rings. The van der Waals surface area contributed by atoms with Crippen LogP contribution in [-0.2, 0) is 10.0 Å². The maximum atomic E-state index is 11.8. The summed E-state index contributed by atoms with van der Waals surface area (Å²) in [5.41, 5.74) is 4.88. The van der Waals surface area contributed by atoms with Crippen molar-refractivity contribution in [2.24, 2.45) is 0 Å². The maximum absolute atomic E-state index is 11.8. The standard InChI is InChI=1S/C23H26ClN3O3S/c1-3-4-13-30-22-6-5-17(14-20(22)24)18-7-10-25-23-19(18)15-21(26-23)16-8-11-27(12-9-16)31(2,28)29/h5-8,10,14-15H,3-4,9,11-13H2,1-2H3,(H,25,26). The molecule has 8 heteroatoms. The first-order valence-electron chi connectivity index (χ1n) is 10.4. The minimum absolute atomic E-state index is 0.388. The molecule has 164 valence electrons. The molecule has 0 fully saturated rings. The van der Waals surface area contributed by atoms with E-state index in [1.54, 1.807) is 6.20 Å². The van der Waals surface area contributed by atoms with Crippen molar-refractivity contribution in [3.8, 4) is 16.9 Å². The molecule has 31 heavy (non-hydrogen) atoms. The third kappa shape index (κ3) is 4.79. The SMILES string of the molecule is CCCCOc1ccc(-c2ccnc3[nH]c(C4=CCN(S(C)(=O)=O)CC4)cc23)cc1Cl. The fourth-order valence-electron chi connectivity index (χ4n) is 3.76. The average molecular weight is 460 g/mol. The summed E-state index contributed by atoms with van der Waals surface area (Å²) in [5, 5.41) is 1.59. The van der Waals surface area contributed by atoms with Crippen LogP contribution in [-0.4, -0.2) is 48.6 Å². The van der Waals surface area contributed by atoms with Crippen molar-refractivity contribution < 1.29 is 13.2 Å². The van der Waals surface area contributed by atoms with Crippen LogP contribution in [0.4, 0.5) is 0 Å². The zero-order valence-electron chi connectivity index (χ0n) is 17.7. The number of nitrogens with zero attached hydrogens (tertiary/aromatic N) is 2. The highest BCUT2D eigenvalue weighted by Crippen LogP contribution is 2.35. The zero-order chi connectivity index (χ0) is 22.0. The first-order chi connectivity index (χ1) is 14.9. The van der Waals surface area contributed by atoms with Gasteiger partial charge in [-0.25, -0.2) is 13.4 Å². The Kier molecular flexibility index (Phi) is 6.36. The second kappa shape index (κ2) is 9.02. The van der Waals surface area contributed by atoms with E-state index in [2.05, 4.69) is 23.0 Å². The van der Waals surface area contributed by atoms with E-state index < -0.39 is 10.0 Å². The van der Waals surface area contributed by atoms with Crippen molar-refractivity contribution >= 4 is 38.2 Å². The second-order valence-electron chi connectivity index (χ2n) is 7.75. The lowest BCUT2D eigenvalue weighted by atomic mass is 10.0. The summed E-state index contributed by atoms with van der Waals surface area (Å²) in [6, 6.07) is 9.91. The van der Waals surface area contributed by atoms with Crippen LogP contribution < -0.4 is 4.74 Å². The summed E-state index contributed by atoms with van der Waals surface area (Å²) in [6.45, 7) is 3.65. The van der Waals surface area contributed by atoms with Gasteiger partial charge in [0.1, 0.15) is 11.4 Å². The Balaban J connectivity index is 1.63. The van der Waals surface area contributed by atoms with Crippen molar-refractivity contribution in [3.05, 3.63) is 53.3 Å². The molecule has 0 aliphatic carbocycles. The number of hydrogen-bond donors (Lipinski definition) is 1. The molecular weight excluding hydrogens is 434 g/mol. The Bertz CT molecular complexity index is 1230. The molecule has 1 aromatic carbocycles. The molecule has 3 heterocycles. The van der Waals surface area contributed by atoms with Crippen LogP contribution in [0, 0.1) is 0 Å². The topological polar surface area (TPSA) is 75.3 Å². The number of nitrogens with one attached hydrogen (secondary N) is 1. The van der Waals surface area contributed by atoms with E-state index >= 15 is 0 Å². The molecule has 6 nitrogen and oxygen atoms in total. The molecule has 0 bridgehead atoms. The Morgan fingerprint density at radius 2 is 2.10 bits per heavy atom. The number of unbranched alkanes of at least 4 members (excludes halogenated alkanes) is 1. The fourth-order valence-corrected chi connectivity index (χ4v) is 4.76. The minimum atomic E-state index is -3.17. The fraction of sp³-hybridized carbons (Fsp3) is 0.348. The van der Waals surface area contributed by atoms with Crippen LogP contribution in [0.1, 0.15) is 31.9 Å². The van der Waals surface area contributed by atoms with Crippen molar-refractivity contribution in [1.82, 2.24) is 14.3 Å². The molecule has 1 aliphatic heterocycles. The van der Waals surface area contributed by atoms with Gasteiger partial charge in [0.05, 0.1) is 17.9 Å². The lowest BCUT2D eigenvalue weighted by Gasteiger charge is -2.23. The van der Waals surface area contributed by atoms with Gasteiger partial charge in [0.2, 0.25) is 10.0 Å². The lowest BCUT2D eigenvalue weighted by Crippen LogP contribution is -2.33. The van der Waals surface area contributed by atoms with E-state index in [1.807, 2.05) is 30.3 Å². The molecule has 4 rings (SSSR count). The minimum Gasteiger partial charge on any atom is -0.492 e. The van der Waals surface area contributed by atoms with Gasteiger partial charge in [0, 0.05) is 30.4 Å². The van der Waals surface area contributed by atoms with Crippen LogP contribution in [0.3, 0.4) is 0 Å². The Labute approximate surface area is 187 Å². The number of ether oxygens (including phenoxy) is 1. The number of hydrogen-bond acceptors (Lipinski definition) is 4. The maximum Gasteiger partial charge on any atom is 0.211 e. The van der Waals surface area contributed by atoms with E-state index in [0.717, 1.165) is 46.3 Å². The third-order valence-corrected chi connectivity index (χ3v) is 7.08. The van der Waals surface area contributed by atoms with Crippen LogP contribution in [0.15, 0.2) is 42.6 Å². The van der Waals surface area contributed by atoms with Gasteiger partial charge in [0.15, 0.2) is 0 Å². The van der Waals surface area contributed by atoms with Gasteiger partial charge < -0.3 is 9.72 Å². The van der Waals surface area contributed by atoms with E-state index in [1.165, 1.54) is 10.6 Å². The normalized spacial score (nSPS) is 15.3. The summed E-state index contributed by atoms with van der Waals surface area (Å²) < 4.78 is 30.8. The Hall–Kier alpha value is -2.35. The molecule has 0 saturated heterocycles. The molecule has 1 aliphatic rings. The zero-order valence-corrected chi connectivity index (χ0v) is 19.3. The number of aromatic nitrogens is 2. The molecule has 0 radical (unpaired) electrons. The first-order valence-corrected chi connectivity index (χ1v) is 12.6. The molecular formula is C23H26ClN3O3S. The quantitative estimate of drug-likeness (QED) is 0.498.